The Balaban J connectivity index is 2.08. The van der Waals surface area contributed by atoms with E-state index in [9.17, 15) is 9.59 Å². The molecule has 2 aromatic carbocycles. The standard InChI is InChI=1S/C19H20ClNO4/c1-4-24-19(23)16-6-5-7-17(12(16)2)21-18(22)13(3)25-15-10-8-14(20)9-11-15/h5-11,13H,4H2,1-3H3,(H,21,22). The predicted octanol–water partition coefficient (Wildman–Crippen LogP) is 4.23. The molecule has 0 radical (unpaired) electrons. The maximum atomic E-state index is 12.4. The molecule has 0 aromatic heterocycles. The lowest BCUT2D eigenvalue weighted by molar-refractivity contribution is -0.122. The zero-order chi connectivity index (χ0) is 18.4. The Morgan fingerprint density at radius 3 is 2.48 bits per heavy atom. The summed E-state index contributed by atoms with van der Waals surface area (Å²) in [6.07, 6.45) is -0.716. The van der Waals surface area contributed by atoms with Crippen LogP contribution in [-0.2, 0) is 9.53 Å². The van der Waals surface area contributed by atoms with E-state index in [1.54, 1.807) is 63.2 Å². The second-order valence-corrected chi connectivity index (χ2v) is 5.84. The number of nitrogens with one attached hydrogen (secondary N) is 1. The number of esters is 1. The number of carbonyl (C=O) groups excluding carboxylic acids is 2. The van der Waals surface area contributed by atoms with Gasteiger partial charge in [-0.15, -0.1) is 0 Å². The molecule has 0 aliphatic heterocycles. The Bertz CT molecular complexity index is 759. The number of anilines is 1. The molecule has 0 spiro atoms. The summed E-state index contributed by atoms with van der Waals surface area (Å²) in [5, 5.41) is 3.37. The summed E-state index contributed by atoms with van der Waals surface area (Å²) in [5.74, 6) is -0.190. The van der Waals surface area contributed by atoms with Crippen LogP contribution in [0.25, 0.3) is 0 Å². The number of ether oxygens (including phenoxy) is 2. The van der Waals surface area contributed by atoms with E-state index in [0.717, 1.165) is 0 Å². The van der Waals surface area contributed by atoms with Crippen molar-refractivity contribution in [1.82, 2.24) is 0 Å². The summed E-state index contributed by atoms with van der Waals surface area (Å²) in [6, 6.07) is 11.8. The van der Waals surface area contributed by atoms with Gasteiger partial charge in [0.05, 0.1) is 12.2 Å². The Kier molecular flexibility index (Phi) is 6.42. The highest BCUT2D eigenvalue weighted by Crippen LogP contribution is 2.21. The molecule has 0 saturated heterocycles. The van der Waals surface area contributed by atoms with Crippen LogP contribution >= 0.6 is 11.6 Å². The quantitative estimate of drug-likeness (QED) is 0.782. The first kappa shape index (κ1) is 18.8. The number of carbonyl (C=O) groups is 2. The van der Waals surface area contributed by atoms with Crippen LogP contribution in [-0.4, -0.2) is 24.6 Å². The molecule has 1 N–H and O–H groups in total. The molecule has 0 aliphatic carbocycles. The van der Waals surface area contributed by atoms with Crippen LogP contribution in [0, 0.1) is 6.92 Å². The van der Waals surface area contributed by atoms with Crippen molar-refractivity contribution in [3.63, 3.8) is 0 Å². The van der Waals surface area contributed by atoms with Crippen molar-refractivity contribution >= 4 is 29.2 Å². The van der Waals surface area contributed by atoms with Gasteiger partial charge in [-0.05, 0) is 62.7 Å². The van der Waals surface area contributed by atoms with Crippen LogP contribution < -0.4 is 10.1 Å². The molecule has 0 aliphatic rings. The van der Waals surface area contributed by atoms with Crippen molar-refractivity contribution in [3.05, 3.63) is 58.6 Å². The monoisotopic (exact) mass is 361 g/mol. The molecule has 25 heavy (non-hydrogen) atoms. The summed E-state index contributed by atoms with van der Waals surface area (Å²) in [4.78, 5) is 24.3. The van der Waals surface area contributed by atoms with Crippen LogP contribution in [0.1, 0.15) is 29.8 Å². The van der Waals surface area contributed by atoms with Crippen molar-refractivity contribution < 1.29 is 19.1 Å². The van der Waals surface area contributed by atoms with E-state index in [-0.39, 0.29) is 5.91 Å². The third kappa shape index (κ3) is 4.97. The third-order valence-corrected chi connectivity index (χ3v) is 3.83. The fourth-order valence-corrected chi connectivity index (χ4v) is 2.33. The van der Waals surface area contributed by atoms with Gasteiger partial charge in [-0.3, -0.25) is 4.79 Å². The minimum atomic E-state index is -0.716. The zero-order valence-electron chi connectivity index (χ0n) is 14.3. The SMILES string of the molecule is CCOC(=O)c1cccc(NC(=O)C(C)Oc2ccc(Cl)cc2)c1C. The van der Waals surface area contributed by atoms with E-state index in [2.05, 4.69) is 5.32 Å². The van der Waals surface area contributed by atoms with Gasteiger partial charge in [0.2, 0.25) is 0 Å². The van der Waals surface area contributed by atoms with Gasteiger partial charge in [0.25, 0.3) is 5.91 Å². The van der Waals surface area contributed by atoms with Gasteiger partial charge in [0.15, 0.2) is 6.10 Å². The minimum absolute atomic E-state index is 0.292. The number of rotatable bonds is 6. The van der Waals surface area contributed by atoms with Gasteiger partial charge in [0.1, 0.15) is 5.75 Å². The molecular formula is C19H20ClNO4. The zero-order valence-corrected chi connectivity index (χ0v) is 15.1. The molecule has 1 unspecified atom stereocenters. The van der Waals surface area contributed by atoms with E-state index in [1.807, 2.05) is 0 Å². The molecule has 6 heteroatoms. The first-order valence-electron chi connectivity index (χ1n) is 7.92. The smallest absolute Gasteiger partial charge is 0.338 e. The molecule has 0 heterocycles. The van der Waals surface area contributed by atoms with Gasteiger partial charge in [-0.1, -0.05) is 17.7 Å². The maximum Gasteiger partial charge on any atom is 0.338 e. The summed E-state index contributed by atoms with van der Waals surface area (Å²) < 4.78 is 10.6. The highest BCUT2D eigenvalue weighted by atomic mass is 35.5. The first-order chi connectivity index (χ1) is 11.9. The second kappa shape index (κ2) is 8.53. The maximum absolute atomic E-state index is 12.4. The third-order valence-electron chi connectivity index (χ3n) is 3.58. The molecule has 0 fully saturated rings. The Morgan fingerprint density at radius 2 is 1.84 bits per heavy atom. The Labute approximate surface area is 151 Å². The van der Waals surface area contributed by atoms with Gasteiger partial charge in [-0.2, -0.15) is 0 Å². The topological polar surface area (TPSA) is 64.6 Å². The molecule has 0 saturated carbocycles. The van der Waals surface area contributed by atoms with Gasteiger partial charge >= 0.3 is 5.97 Å². The lowest BCUT2D eigenvalue weighted by Crippen LogP contribution is -2.30. The highest BCUT2D eigenvalue weighted by Gasteiger charge is 2.18. The summed E-state index contributed by atoms with van der Waals surface area (Å²) >= 11 is 5.83. The van der Waals surface area contributed by atoms with Gasteiger partial charge in [-0.25, -0.2) is 4.79 Å². The van der Waals surface area contributed by atoms with Crippen LogP contribution in [0.5, 0.6) is 5.75 Å². The molecule has 1 atom stereocenters. The van der Waals surface area contributed by atoms with Crippen LogP contribution in [0.2, 0.25) is 5.02 Å². The van der Waals surface area contributed by atoms with Crippen molar-refractivity contribution in [1.29, 1.82) is 0 Å². The fourth-order valence-electron chi connectivity index (χ4n) is 2.21. The number of amides is 1. The van der Waals surface area contributed by atoms with E-state index in [1.165, 1.54) is 0 Å². The molecule has 0 bridgehead atoms. The van der Waals surface area contributed by atoms with E-state index < -0.39 is 12.1 Å². The molecule has 5 nitrogen and oxygen atoms in total. The Morgan fingerprint density at radius 1 is 1.16 bits per heavy atom. The van der Waals surface area contributed by atoms with Gasteiger partial charge < -0.3 is 14.8 Å². The lowest BCUT2D eigenvalue weighted by Gasteiger charge is -2.16. The normalized spacial score (nSPS) is 11.5. The van der Waals surface area contributed by atoms with E-state index in [4.69, 9.17) is 21.1 Å². The fraction of sp³-hybridized carbons (Fsp3) is 0.263. The average Bonchev–Trinajstić information content (AvgIpc) is 2.58. The number of hydrogen-bond donors (Lipinski definition) is 1. The molecule has 132 valence electrons. The average molecular weight is 362 g/mol. The molecular weight excluding hydrogens is 342 g/mol. The highest BCUT2D eigenvalue weighted by molar-refractivity contribution is 6.30. The van der Waals surface area contributed by atoms with E-state index >= 15 is 0 Å². The number of hydrogen-bond acceptors (Lipinski definition) is 4. The van der Waals surface area contributed by atoms with Crippen LogP contribution in [0.4, 0.5) is 5.69 Å². The summed E-state index contributed by atoms with van der Waals surface area (Å²) in [5.41, 5.74) is 1.61. The number of halogens is 1. The number of benzene rings is 2. The molecule has 1 amide bonds. The van der Waals surface area contributed by atoms with Crippen molar-refractivity contribution in [2.24, 2.45) is 0 Å². The molecule has 2 rings (SSSR count). The van der Waals surface area contributed by atoms with Crippen LogP contribution in [0.15, 0.2) is 42.5 Å². The lowest BCUT2D eigenvalue weighted by atomic mass is 10.1. The van der Waals surface area contributed by atoms with Crippen molar-refractivity contribution in [3.8, 4) is 5.75 Å². The predicted molar refractivity (Wildman–Crippen MR) is 97.3 cm³/mol. The first-order valence-corrected chi connectivity index (χ1v) is 8.30. The van der Waals surface area contributed by atoms with Gasteiger partial charge in [0, 0.05) is 10.7 Å². The van der Waals surface area contributed by atoms with E-state index in [0.29, 0.717) is 34.2 Å². The Hall–Kier alpha value is -2.53. The van der Waals surface area contributed by atoms with Crippen LogP contribution in [0.3, 0.4) is 0 Å². The second-order valence-electron chi connectivity index (χ2n) is 5.40. The van der Waals surface area contributed by atoms with Crippen molar-refractivity contribution in [2.45, 2.75) is 26.9 Å². The largest absolute Gasteiger partial charge is 0.481 e. The summed E-state index contributed by atoms with van der Waals surface area (Å²) in [7, 11) is 0. The minimum Gasteiger partial charge on any atom is -0.481 e. The molecule has 2 aromatic rings. The van der Waals surface area contributed by atoms with Crippen molar-refractivity contribution in [2.75, 3.05) is 11.9 Å². The summed E-state index contributed by atoms with van der Waals surface area (Å²) in [6.45, 7) is 5.44.